The Balaban J connectivity index is 0.000000714. The molecule has 0 bridgehead atoms. The summed E-state index contributed by atoms with van der Waals surface area (Å²) in [5, 5.41) is 0.439. The second kappa shape index (κ2) is 12.1. The fraction of sp³-hybridized carbons (Fsp3) is 0.520. The highest BCUT2D eigenvalue weighted by Gasteiger charge is 2.22. The molecule has 1 aromatic carbocycles. The molecule has 0 saturated carbocycles. The molecule has 0 atom stereocenters. The minimum absolute atomic E-state index is 0.249. The summed E-state index contributed by atoms with van der Waals surface area (Å²) in [4.78, 5) is 27.6. The van der Waals surface area contributed by atoms with Gasteiger partial charge in [-0.2, -0.15) is 0 Å². The first-order valence-corrected chi connectivity index (χ1v) is 12.2. The molecule has 3 heterocycles. The van der Waals surface area contributed by atoms with Crippen LogP contribution in [0.5, 0.6) is 0 Å². The smallest absolute Gasteiger partial charge is 0.331 e. The Morgan fingerprint density at radius 2 is 1.58 bits per heavy atom. The first-order valence-electron chi connectivity index (χ1n) is 11.8. The van der Waals surface area contributed by atoms with E-state index in [0.717, 1.165) is 36.3 Å². The third-order valence-electron chi connectivity index (χ3n) is 5.51. The number of aryl methyl sites for hydroxylation is 1. The maximum atomic E-state index is 13.8. The number of halogens is 2. The molecule has 0 amide bonds. The van der Waals surface area contributed by atoms with Crippen LogP contribution in [0, 0.1) is 5.82 Å². The van der Waals surface area contributed by atoms with Crippen LogP contribution in [0.25, 0.3) is 11.0 Å². The molecule has 0 unspecified atom stereocenters. The highest BCUT2D eigenvalue weighted by molar-refractivity contribution is 6.31. The van der Waals surface area contributed by atoms with E-state index in [4.69, 9.17) is 11.6 Å². The van der Waals surface area contributed by atoms with Crippen molar-refractivity contribution in [2.45, 2.75) is 59.9 Å². The number of fused-ring (bicyclic) bond motifs is 1. The van der Waals surface area contributed by atoms with Gasteiger partial charge in [0.05, 0.1) is 12.1 Å². The Kier molecular flexibility index (Phi) is 9.77. The third kappa shape index (κ3) is 5.69. The van der Waals surface area contributed by atoms with Crippen molar-refractivity contribution in [1.29, 1.82) is 0 Å². The molecule has 1 fully saturated rings. The summed E-state index contributed by atoms with van der Waals surface area (Å²) in [6.45, 7) is 10.3. The summed E-state index contributed by atoms with van der Waals surface area (Å²) >= 11 is 6.30. The van der Waals surface area contributed by atoms with Gasteiger partial charge >= 0.3 is 5.69 Å². The first-order chi connectivity index (χ1) is 15.8. The lowest BCUT2D eigenvalue weighted by molar-refractivity contribution is 0.565. The fourth-order valence-corrected chi connectivity index (χ4v) is 4.13. The number of rotatable bonds is 3. The molecule has 0 aliphatic carbocycles. The van der Waals surface area contributed by atoms with Crippen molar-refractivity contribution in [2.24, 2.45) is 14.1 Å². The van der Waals surface area contributed by atoms with E-state index in [1.54, 1.807) is 7.05 Å². The van der Waals surface area contributed by atoms with Gasteiger partial charge in [0.2, 0.25) is 0 Å². The van der Waals surface area contributed by atoms with E-state index < -0.39 is 0 Å². The number of anilines is 1. The number of hydrogen-bond donors (Lipinski definition) is 0. The van der Waals surface area contributed by atoms with Gasteiger partial charge in [0.25, 0.3) is 5.56 Å². The van der Waals surface area contributed by atoms with Crippen LogP contribution in [0.15, 0.2) is 33.9 Å². The molecule has 1 aliphatic heterocycles. The van der Waals surface area contributed by atoms with E-state index in [1.807, 2.05) is 24.5 Å². The van der Waals surface area contributed by atoms with E-state index in [1.165, 1.54) is 42.7 Å². The van der Waals surface area contributed by atoms with Gasteiger partial charge in [0, 0.05) is 38.3 Å². The normalized spacial score (nSPS) is 13.3. The largest absolute Gasteiger partial charge is 0.358 e. The fourth-order valence-electron chi connectivity index (χ4n) is 3.96. The maximum absolute atomic E-state index is 13.8. The average molecular weight is 479 g/mol. The van der Waals surface area contributed by atoms with Gasteiger partial charge in [-0.15, -0.1) is 0 Å². The van der Waals surface area contributed by atoms with Gasteiger partial charge in [-0.1, -0.05) is 45.7 Å². The minimum Gasteiger partial charge on any atom is -0.358 e. The van der Waals surface area contributed by atoms with Crippen molar-refractivity contribution < 1.29 is 4.39 Å². The molecule has 6 nitrogen and oxygen atoms in total. The number of nitrogens with zero attached hydrogens (tertiary/aromatic N) is 4. The van der Waals surface area contributed by atoms with Crippen LogP contribution in [0.4, 0.5) is 10.2 Å². The first kappa shape index (κ1) is 26.7. The molecule has 1 saturated heterocycles. The van der Waals surface area contributed by atoms with Crippen molar-refractivity contribution in [3.63, 3.8) is 0 Å². The average Bonchev–Trinajstić information content (AvgIpc) is 3.20. The quantitative estimate of drug-likeness (QED) is 0.512. The van der Waals surface area contributed by atoms with Crippen LogP contribution < -0.4 is 16.1 Å². The predicted octanol–water partition coefficient (Wildman–Crippen LogP) is 5.31. The van der Waals surface area contributed by atoms with Crippen LogP contribution in [0.1, 0.15) is 58.9 Å². The van der Waals surface area contributed by atoms with Crippen molar-refractivity contribution in [1.82, 2.24) is 13.7 Å². The predicted molar refractivity (Wildman–Crippen MR) is 136 cm³/mol. The van der Waals surface area contributed by atoms with Crippen LogP contribution in [0.2, 0.25) is 5.02 Å². The van der Waals surface area contributed by atoms with Crippen LogP contribution in [-0.2, 0) is 20.6 Å². The highest BCUT2D eigenvalue weighted by atomic mass is 35.5. The van der Waals surface area contributed by atoms with E-state index in [2.05, 4.69) is 18.7 Å². The molecule has 2 aromatic heterocycles. The number of piperidine rings is 1. The van der Waals surface area contributed by atoms with E-state index >= 15 is 0 Å². The molecule has 0 radical (unpaired) electrons. The Morgan fingerprint density at radius 1 is 0.970 bits per heavy atom. The van der Waals surface area contributed by atoms with E-state index in [-0.39, 0.29) is 23.6 Å². The molecule has 4 rings (SSSR count). The number of aromatic nitrogens is 3. The number of benzene rings is 1. The Bertz CT molecular complexity index is 1190. The van der Waals surface area contributed by atoms with Crippen LogP contribution in [-0.4, -0.2) is 26.8 Å². The second-order valence-corrected chi connectivity index (χ2v) is 8.43. The molecule has 182 valence electrons. The summed E-state index contributed by atoms with van der Waals surface area (Å²) in [6.07, 6.45) is 4.56. The lowest BCUT2D eigenvalue weighted by Crippen LogP contribution is -2.37. The molecule has 3 aromatic rings. The zero-order valence-corrected chi connectivity index (χ0v) is 21.4. The molecular weight excluding hydrogens is 443 g/mol. The lowest BCUT2D eigenvalue weighted by Gasteiger charge is -2.29. The van der Waals surface area contributed by atoms with E-state index in [0.29, 0.717) is 21.6 Å². The highest BCUT2D eigenvalue weighted by Crippen LogP contribution is 2.29. The zero-order valence-electron chi connectivity index (χ0n) is 20.6. The summed E-state index contributed by atoms with van der Waals surface area (Å²) in [5.74, 6) is 0.476. The monoisotopic (exact) mass is 478 g/mol. The topological polar surface area (TPSA) is 52.2 Å². The molecule has 0 spiro atoms. The minimum atomic E-state index is -0.379. The standard InChI is InChI=1S/C20H22ClFN4O2.C3H8.C2H6/c1-23-16-11-17(25-8-4-3-5-9-25)26(18(16)19(27)24(2)20(23)28)12-13-10-14(22)6-7-15(13)21;1-3-2;1-2/h6-7,10-11H,3-5,8-9,12H2,1-2H3;3H2,1-2H3;1-2H3. The molecule has 1 aliphatic rings. The second-order valence-electron chi connectivity index (χ2n) is 8.02. The van der Waals surface area contributed by atoms with Gasteiger partial charge in [0.1, 0.15) is 17.2 Å². The van der Waals surface area contributed by atoms with Crippen molar-refractivity contribution in [3.8, 4) is 0 Å². The molecule has 33 heavy (non-hydrogen) atoms. The van der Waals surface area contributed by atoms with Crippen molar-refractivity contribution in [2.75, 3.05) is 18.0 Å². The van der Waals surface area contributed by atoms with Gasteiger partial charge < -0.3 is 9.47 Å². The van der Waals surface area contributed by atoms with Gasteiger partial charge in [-0.3, -0.25) is 13.9 Å². The van der Waals surface area contributed by atoms with E-state index in [9.17, 15) is 14.0 Å². The van der Waals surface area contributed by atoms with Gasteiger partial charge in [-0.25, -0.2) is 9.18 Å². The molecular formula is C25H36ClFN4O2. The third-order valence-corrected chi connectivity index (χ3v) is 5.88. The maximum Gasteiger partial charge on any atom is 0.331 e. The summed E-state index contributed by atoms with van der Waals surface area (Å²) in [6, 6.07) is 6.11. The zero-order chi connectivity index (χ0) is 24.7. The van der Waals surface area contributed by atoms with Crippen molar-refractivity contribution in [3.05, 3.63) is 61.5 Å². The van der Waals surface area contributed by atoms with Crippen LogP contribution >= 0.6 is 11.6 Å². The Hall–Kier alpha value is -2.54. The summed E-state index contributed by atoms with van der Waals surface area (Å²) in [5.41, 5.74) is 0.845. The Labute approximate surface area is 200 Å². The lowest BCUT2D eigenvalue weighted by atomic mass is 10.1. The molecule has 0 N–H and O–H groups in total. The van der Waals surface area contributed by atoms with Gasteiger partial charge in [-0.05, 0) is 43.0 Å². The van der Waals surface area contributed by atoms with Gasteiger partial charge in [0.15, 0.2) is 0 Å². The summed E-state index contributed by atoms with van der Waals surface area (Å²) < 4.78 is 18.3. The molecule has 8 heteroatoms. The number of hydrogen-bond acceptors (Lipinski definition) is 3. The summed E-state index contributed by atoms with van der Waals surface area (Å²) in [7, 11) is 3.13. The Morgan fingerprint density at radius 3 is 2.18 bits per heavy atom. The van der Waals surface area contributed by atoms with Crippen LogP contribution in [0.3, 0.4) is 0 Å². The SMILES string of the molecule is CC.CCC.Cn1c(=O)c2c(cc(N3CCCCC3)n2Cc2cc(F)ccc2Cl)n(C)c1=O. The van der Waals surface area contributed by atoms with Crippen molar-refractivity contribution >= 4 is 28.5 Å².